The van der Waals surface area contributed by atoms with Crippen molar-refractivity contribution in [2.45, 2.75) is 37.5 Å². The Balaban J connectivity index is 1.56. The first-order valence-corrected chi connectivity index (χ1v) is 17.0. The van der Waals surface area contributed by atoms with E-state index in [0.29, 0.717) is 36.1 Å². The summed E-state index contributed by atoms with van der Waals surface area (Å²) in [4.78, 5) is 9.37. The van der Waals surface area contributed by atoms with Gasteiger partial charge in [0.1, 0.15) is 0 Å². The zero-order valence-corrected chi connectivity index (χ0v) is 26.9. The van der Waals surface area contributed by atoms with Crippen molar-refractivity contribution in [3.63, 3.8) is 0 Å². The summed E-state index contributed by atoms with van der Waals surface area (Å²) < 4.78 is 54.0. The van der Waals surface area contributed by atoms with E-state index in [1.165, 1.54) is 24.3 Å². The van der Waals surface area contributed by atoms with Crippen molar-refractivity contribution in [2.75, 3.05) is 29.3 Å². The SMILES string of the molecule is CCNS(=O)(=O)c1ccc(C(C)=NNc2cc(NN=C(C)c3ccc(S(=O)(=O)NCC)cc3)nc(Nc3ccccc3)n2)cc1. The molecule has 4 aromatic rings. The first-order chi connectivity index (χ1) is 21.5. The lowest BCUT2D eigenvalue weighted by Crippen LogP contribution is -2.23. The Morgan fingerprint density at radius 3 is 1.47 bits per heavy atom. The van der Waals surface area contributed by atoms with Gasteiger partial charge in [-0.05, 0) is 61.4 Å². The second-order valence-electron chi connectivity index (χ2n) is 9.62. The smallest absolute Gasteiger partial charge is 0.240 e. The van der Waals surface area contributed by atoms with Crippen LogP contribution in [0.1, 0.15) is 38.8 Å². The molecule has 0 amide bonds. The summed E-state index contributed by atoms with van der Waals surface area (Å²) in [5.74, 6) is 1.01. The number of hydrogen-bond donors (Lipinski definition) is 5. The summed E-state index contributed by atoms with van der Waals surface area (Å²) in [5.41, 5.74) is 9.29. The van der Waals surface area contributed by atoms with E-state index in [1.54, 1.807) is 58.0 Å². The average Bonchev–Trinajstić information content (AvgIpc) is 3.03. The minimum absolute atomic E-state index is 0.169. The van der Waals surface area contributed by atoms with E-state index in [0.717, 1.165) is 16.8 Å². The lowest BCUT2D eigenvalue weighted by Gasteiger charge is -2.11. The molecule has 0 saturated heterocycles. The number of rotatable bonds is 14. The molecule has 4 rings (SSSR count). The number of sulfonamides is 2. The molecular formula is C30H35N9O4S2. The molecule has 0 aliphatic carbocycles. The molecule has 0 radical (unpaired) electrons. The van der Waals surface area contributed by atoms with Crippen LogP contribution in [0.15, 0.2) is 105 Å². The van der Waals surface area contributed by atoms with E-state index in [9.17, 15) is 16.8 Å². The predicted octanol–water partition coefficient (Wildman–Crippen LogP) is 4.49. The highest BCUT2D eigenvalue weighted by molar-refractivity contribution is 7.89. The Morgan fingerprint density at radius 2 is 1.07 bits per heavy atom. The zero-order chi connectivity index (χ0) is 32.5. The van der Waals surface area contributed by atoms with Crippen LogP contribution in [0.2, 0.25) is 0 Å². The quantitative estimate of drug-likeness (QED) is 0.0972. The monoisotopic (exact) mass is 649 g/mol. The maximum Gasteiger partial charge on any atom is 0.240 e. The van der Waals surface area contributed by atoms with Crippen LogP contribution in [0, 0.1) is 0 Å². The third kappa shape index (κ3) is 9.15. The Hall–Kier alpha value is -4.70. The highest BCUT2D eigenvalue weighted by Gasteiger charge is 2.14. The topological polar surface area (TPSA) is 179 Å². The van der Waals surface area contributed by atoms with Crippen LogP contribution in [-0.2, 0) is 20.0 Å². The van der Waals surface area contributed by atoms with Gasteiger partial charge in [0.25, 0.3) is 0 Å². The van der Waals surface area contributed by atoms with Gasteiger partial charge in [0.2, 0.25) is 26.0 Å². The number of hydrazone groups is 2. The van der Waals surface area contributed by atoms with E-state index < -0.39 is 20.0 Å². The van der Waals surface area contributed by atoms with Gasteiger partial charge in [-0.3, -0.25) is 10.9 Å². The predicted molar refractivity (Wildman–Crippen MR) is 178 cm³/mol. The Labute approximate surface area is 263 Å². The minimum atomic E-state index is -3.56. The maximum atomic E-state index is 12.3. The van der Waals surface area contributed by atoms with Crippen molar-refractivity contribution in [1.29, 1.82) is 0 Å². The number of hydrogen-bond acceptors (Lipinski definition) is 11. The summed E-state index contributed by atoms with van der Waals surface area (Å²) in [6, 6.07) is 23.9. The normalized spacial score (nSPS) is 12.5. The van der Waals surface area contributed by atoms with Gasteiger partial charge in [-0.2, -0.15) is 20.2 Å². The molecule has 0 atom stereocenters. The number of aromatic nitrogens is 2. The molecule has 0 fully saturated rings. The van der Waals surface area contributed by atoms with Crippen molar-refractivity contribution in [3.05, 3.63) is 96.1 Å². The van der Waals surface area contributed by atoms with Crippen molar-refractivity contribution in [2.24, 2.45) is 10.2 Å². The second-order valence-corrected chi connectivity index (χ2v) is 13.2. The summed E-state index contributed by atoms with van der Waals surface area (Å²) in [6.45, 7) is 7.61. The summed E-state index contributed by atoms with van der Waals surface area (Å²) in [6.07, 6.45) is 0. The molecule has 45 heavy (non-hydrogen) atoms. The van der Waals surface area contributed by atoms with Gasteiger partial charge in [0, 0.05) is 24.8 Å². The molecule has 15 heteroatoms. The van der Waals surface area contributed by atoms with Crippen LogP contribution in [-0.4, -0.2) is 51.3 Å². The lowest BCUT2D eigenvalue weighted by molar-refractivity contribution is 0.582. The number of nitrogens with one attached hydrogen (secondary N) is 5. The third-order valence-electron chi connectivity index (χ3n) is 6.27. The van der Waals surface area contributed by atoms with Crippen molar-refractivity contribution < 1.29 is 16.8 Å². The van der Waals surface area contributed by atoms with Crippen LogP contribution in [0.4, 0.5) is 23.3 Å². The number of anilines is 4. The Bertz CT molecular complexity index is 1760. The fourth-order valence-electron chi connectivity index (χ4n) is 3.98. The van der Waals surface area contributed by atoms with Gasteiger partial charge in [0.15, 0.2) is 11.6 Å². The van der Waals surface area contributed by atoms with Crippen LogP contribution in [0.25, 0.3) is 0 Å². The average molecular weight is 650 g/mol. The van der Waals surface area contributed by atoms with Crippen molar-refractivity contribution in [3.8, 4) is 0 Å². The maximum absolute atomic E-state index is 12.3. The molecule has 0 aliphatic heterocycles. The fourth-order valence-corrected chi connectivity index (χ4v) is 6.06. The van der Waals surface area contributed by atoms with Gasteiger partial charge in [-0.1, -0.05) is 56.3 Å². The lowest BCUT2D eigenvalue weighted by atomic mass is 10.1. The molecule has 236 valence electrons. The molecule has 5 N–H and O–H groups in total. The highest BCUT2D eigenvalue weighted by atomic mass is 32.2. The first-order valence-electron chi connectivity index (χ1n) is 14.0. The van der Waals surface area contributed by atoms with Gasteiger partial charge in [-0.15, -0.1) is 0 Å². The molecule has 3 aromatic carbocycles. The Morgan fingerprint density at radius 1 is 0.644 bits per heavy atom. The van der Waals surface area contributed by atoms with Crippen LogP contribution >= 0.6 is 0 Å². The van der Waals surface area contributed by atoms with E-state index in [2.05, 4.69) is 45.8 Å². The number of benzene rings is 3. The standard InChI is InChI=1S/C30H35N9O4S2/c1-5-31-44(40,41)26-16-12-23(13-17-26)21(3)36-38-28-20-29(35-30(34-28)33-25-10-8-7-9-11-25)39-37-22(4)24-14-18-27(19-15-24)45(42,43)32-6-2/h7-20,31-32H,5-6H2,1-4H3,(H3,33,34,35,38,39). The third-order valence-corrected chi connectivity index (χ3v) is 9.39. The molecule has 0 aliphatic rings. The molecule has 0 unspecified atom stereocenters. The first kappa shape index (κ1) is 33.2. The van der Waals surface area contributed by atoms with E-state index in [-0.39, 0.29) is 15.7 Å². The summed E-state index contributed by atoms with van der Waals surface area (Å²) in [7, 11) is -7.11. The van der Waals surface area contributed by atoms with Crippen LogP contribution in [0.3, 0.4) is 0 Å². The van der Waals surface area contributed by atoms with Gasteiger partial charge in [-0.25, -0.2) is 26.3 Å². The zero-order valence-electron chi connectivity index (χ0n) is 25.2. The van der Waals surface area contributed by atoms with E-state index >= 15 is 0 Å². The molecule has 1 aromatic heterocycles. The van der Waals surface area contributed by atoms with Gasteiger partial charge < -0.3 is 5.32 Å². The van der Waals surface area contributed by atoms with Crippen molar-refractivity contribution >= 4 is 54.7 Å². The van der Waals surface area contributed by atoms with E-state index in [1.807, 2.05) is 30.3 Å². The largest absolute Gasteiger partial charge is 0.324 e. The highest BCUT2D eigenvalue weighted by Crippen LogP contribution is 2.20. The summed E-state index contributed by atoms with van der Waals surface area (Å²) in [5, 5.41) is 12.0. The Kier molecular flexibility index (Phi) is 11.0. The summed E-state index contributed by atoms with van der Waals surface area (Å²) >= 11 is 0. The second kappa shape index (κ2) is 14.9. The number of para-hydroxylation sites is 1. The van der Waals surface area contributed by atoms with Crippen LogP contribution in [0.5, 0.6) is 0 Å². The van der Waals surface area contributed by atoms with Crippen molar-refractivity contribution in [1.82, 2.24) is 19.4 Å². The molecule has 13 nitrogen and oxygen atoms in total. The molecule has 1 heterocycles. The molecule has 0 bridgehead atoms. The number of nitrogens with zero attached hydrogens (tertiary/aromatic N) is 4. The van der Waals surface area contributed by atoms with Crippen LogP contribution < -0.4 is 25.6 Å². The molecule has 0 saturated carbocycles. The molecule has 0 spiro atoms. The van der Waals surface area contributed by atoms with E-state index in [4.69, 9.17) is 0 Å². The van der Waals surface area contributed by atoms with Gasteiger partial charge in [0.05, 0.1) is 21.2 Å². The van der Waals surface area contributed by atoms with Gasteiger partial charge >= 0.3 is 0 Å². The minimum Gasteiger partial charge on any atom is -0.324 e. The fraction of sp³-hybridized carbons (Fsp3) is 0.200. The molecular weight excluding hydrogens is 615 g/mol.